The molecule has 0 fully saturated rings. The molecule has 0 saturated heterocycles. The lowest BCUT2D eigenvalue weighted by Gasteiger charge is -2.47. The first-order valence-corrected chi connectivity index (χ1v) is 54.3. The maximum atomic E-state index is 8.56. The maximum Gasteiger partial charge on any atom is 0.388 e. The topological polar surface area (TPSA) is 64.6 Å². The summed E-state index contributed by atoms with van der Waals surface area (Å²) < 4.78 is 54.6. The zero-order valence-electron chi connectivity index (χ0n) is 48.7. The van der Waals surface area contributed by atoms with Crippen molar-refractivity contribution in [2.24, 2.45) is 0 Å². The fourth-order valence-corrected chi connectivity index (χ4v) is 60.7. The molecule has 0 aliphatic carbocycles. The Morgan fingerprint density at radius 1 is 0.289 bits per heavy atom. The minimum Gasteiger partial charge on any atom is -0.433 e. The van der Waals surface area contributed by atoms with E-state index >= 15 is 0 Å². The summed E-state index contributed by atoms with van der Waals surface area (Å²) in [6, 6.07) is 69.4. The van der Waals surface area contributed by atoms with Crippen molar-refractivity contribution in [2.75, 3.05) is 0 Å². The van der Waals surface area contributed by atoms with Crippen LogP contribution in [0.15, 0.2) is 194 Å². The first kappa shape index (κ1) is 62.2. The molecule has 0 spiro atoms. The Labute approximate surface area is 470 Å². The quantitative estimate of drug-likeness (QED) is 0.0434. The molecule has 0 heterocycles. The van der Waals surface area contributed by atoms with Gasteiger partial charge < -0.3 is 28.8 Å². The molecule has 0 bridgehead atoms. The molecule has 0 saturated carbocycles. The molecule has 0 amide bonds. The molecule has 6 aromatic rings. The zero-order chi connectivity index (χ0) is 55.6. The van der Waals surface area contributed by atoms with Gasteiger partial charge >= 0.3 is 34.2 Å². The molecule has 2 atom stereocenters. The summed E-state index contributed by atoms with van der Waals surface area (Å²) in [4.78, 5) is 0. The fraction of sp³-hybridized carbons (Fsp3) is 0.356. The van der Waals surface area contributed by atoms with Gasteiger partial charge in [-0.1, -0.05) is 201 Å². The summed E-state index contributed by atoms with van der Waals surface area (Å²) in [5.41, 5.74) is 2.02. The molecule has 0 N–H and O–H groups in total. The monoisotopic (exact) mass is 1190 g/mol. The van der Waals surface area contributed by atoms with Gasteiger partial charge in [0.15, 0.2) is 49.9 Å². The van der Waals surface area contributed by atoms with Crippen LogP contribution in [0.4, 0.5) is 0 Å². The smallest absolute Gasteiger partial charge is 0.388 e. The zero-order valence-corrected chi connectivity index (χ0v) is 58.7. The summed E-state index contributed by atoms with van der Waals surface area (Å²) in [6.45, 7) is 39.2. The van der Waals surface area contributed by atoms with E-state index in [9.17, 15) is 0 Å². The van der Waals surface area contributed by atoms with E-state index in [4.69, 9.17) is 28.8 Å². The molecule has 7 nitrogen and oxygen atoms in total. The predicted octanol–water partition coefficient (Wildman–Crippen LogP) is 12.9. The molecular weight excluding hydrogens is 1100 g/mol. The summed E-state index contributed by atoms with van der Waals surface area (Å²) in [6.07, 6.45) is 1.10. The van der Waals surface area contributed by atoms with E-state index < -0.39 is 84.1 Å². The van der Waals surface area contributed by atoms with Crippen LogP contribution < -0.4 is 31.1 Å². The lowest BCUT2D eigenvalue weighted by molar-refractivity contribution is 0.351. The summed E-state index contributed by atoms with van der Waals surface area (Å²) >= 11 is 0. The van der Waals surface area contributed by atoms with Gasteiger partial charge in [0, 0.05) is 0 Å². The number of hydrogen-bond donors (Lipinski definition) is 0. The average molecular weight is 1190 g/mol. The highest BCUT2D eigenvalue weighted by Gasteiger charge is 2.58. The molecule has 6 aromatic carbocycles. The van der Waals surface area contributed by atoms with Gasteiger partial charge in [-0.15, -0.1) is 6.58 Å². The van der Waals surface area contributed by atoms with Crippen molar-refractivity contribution in [3.8, 4) is 0 Å². The van der Waals surface area contributed by atoms with Gasteiger partial charge in [-0.05, 0) is 153 Å². The Morgan fingerprint density at radius 2 is 0.513 bits per heavy atom. The highest BCUT2D eigenvalue weighted by atomic mass is 28.5. The van der Waals surface area contributed by atoms with Crippen LogP contribution >= 0.6 is 0 Å². The second kappa shape index (κ2) is 25.6. The van der Waals surface area contributed by atoms with Crippen molar-refractivity contribution in [3.05, 3.63) is 194 Å². The standard InChI is InChI=1S/C59H90O7Si10/c1-17-49-68(5,6)61-74(16,55-39-27-20-28-40-55)63-70(9,10)51-53-72(13,14)65-76(58-45-33-23-34-46-58,59-47-35-24-36-48-59)66-75(56-41-29-21-30-42-56,57-43-31-22-32-44-57)64-71(11,12)52-50-69(7,8)62-73(15,60-67(3,4)18-2)54-37-25-19-26-38-54/h18-48H,2,17,49-53H2,1,3-16H3. The van der Waals surface area contributed by atoms with Gasteiger partial charge in [0.05, 0.1) is 0 Å². The molecule has 2 unspecified atom stereocenters. The van der Waals surface area contributed by atoms with Gasteiger partial charge in [0.1, 0.15) is 0 Å². The minimum absolute atomic E-state index is 0.880. The van der Waals surface area contributed by atoms with E-state index in [0.29, 0.717) is 0 Å². The molecule has 0 radical (unpaired) electrons. The SMILES string of the molecule is C=C[Si](C)(C)O[Si](C)(O[Si](C)(C)CC[Si](C)(C)O[Si](O[Si](O[Si](C)(C)CC[Si](C)(C)O[Si](C)(O[Si](C)(C)CCC)c1ccccc1)(c1ccccc1)c1ccccc1)(c1ccccc1)c1ccccc1)c1ccccc1. The van der Waals surface area contributed by atoms with Crippen molar-refractivity contribution in [1.29, 1.82) is 0 Å². The second-order valence-corrected chi connectivity index (χ2v) is 63.5. The minimum atomic E-state index is -3.72. The average Bonchev–Trinajstić information content (AvgIpc) is 3.38. The van der Waals surface area contributed by atoms with Gasteiger partial charge in [-0.2, -0.15) is 0 Å². The van der Waals surface area contributed by atoms with Crippen LogP contribution in [-0.2, 0) is 28.8 Å². The second-order valence-electron chi connectivity index (χ2n) is 24.4. The van der Waals surface area contributed by atoms with Crippen molar-refractivity contribution in [2.45, 2.75) is 135 Å². The maximum absolute atomic E-state index is 8.56. The molecule has 17 heteroatoms. The Morgan fingerprint density at radius 3 is 0.763 bits per heavy atom. The van der Waals surface area contributed by atoms with E-state index in [0.717, 1.165) is 62.6 Å². The van der Waals surface area contributed by atoms with E-state index in [1.54, 1.807) is 0 Å². The number of benzene rings is 6. The van der Waals surface area contributed by atoms with E-state index in [-0.39, 0.29) is 0 Å². The van der Waals surface area contributed by atoms with Gasteiger partial charge in [-0.25, -0.2) is 0 Å². The molecule has 408 valence electrons. The third kappa shape index (κ3) is 16.8. The number of hydrogen-bond acceptors (Lipinski definition) is 7. The molecule has 0 aromatic heterocycles. The van der Waals surface area contributed by atoms with Crippen LogP contribution in [0.25, 0.3) is 0 Å². The summed E-state index contributed by atoms with van der Waals surface area (Å²) in [5, 5.41) is 6.63. The van der Waals surface area contributed by atoms with E-state index in [1.807, 2.05) is 5.70 Å². The highest BCUT2D eigenvalue weighted by molar-refractivity contribution is 7.09. The van der Waals surface area contributed by atoms with Crippen LogP contribution in [0.2, 0.25) is 122 Å². The van der Waals surface area contributed by atoms with Crippen molar-refractivity contribution < 1.29 is 28.8 Å². The number of rotatable bonds is 29. The fourth-order valence-electron chi connectivity index (χ4n) is 10.4. The third-order valence-electron chi connectivity index (χ3n) is 14.2. The van der Waals surface area contributed by atoms with Crippen molar-refractivity contribution in [1.82, 2.24) is 0 Å². The Hall–Kier alpha value is -3.05. The molecule has 76 heavy (non-hydrogen) atoms. The van der Waals surface area contributed by atoms with Gasteiger partial charge in [0.25, 0.3) is 0 Å². The molecular formula is C59H90O7Si10. The van der Waals surface area contributed by atoms with Crippen LogP contribution in [-0.4, -0.2) is 84.1 Å². The van der Waals surface area contributed by atoms with Crippen molar-refractivity contribution >= 4 is 115 Å². The normalized spacial score (nSPS) is 14.9. The lowest BCUT2D eigenvalue weighted by atomic mass is 10.4. The summed E-state index contributed by atoms with van der Waals surface area (Å²) in [5.74, 6) is 0. The van der Waals surface area contributed by atoms with Crippen LogP contribution in [0.1, 0.15) is 13.3 Å². The van der Waals surface area contributed by atoms with Crippen LogP contribution in [0.5, 0.6) is 0 Å². The Kier molecular flexibility index (Phi) is 20.9. The largest absolute Gasteiger partial charge is 0.433 e. The van der Waals surface area contributed by atoms with Crippen LogP contribution in [0.3, 0.4) is 0 Å². The predicted molar refractivity (Wildman–Crippen MR) is 348 cm³/mol. The van der Waals surface area contributed by atoms with Crippen LogP contribution in [0, 0.1) is 0 Å². The molecule has 0 aliphatic rings. The van der Waals surface area contributed by atoms with E-state index in [1.165, 1.54) is 5.19 Å². The summed E-state index contributed by atoms with van der Waals surface area (Å²) in [7, 11) is -27.5. The first-order valence-electron chi connectivity index (χ1n) is 27.5. The van der Waals surface area contributed by atoms with Gasteiger partial charge in [0.2, 0.25) is 0 Å². The first-order chi connectivity index (χ1) is 35.6. The third-order valence-corrected chi connectivity index (χ3v) is 54.8. The molecule has 6 rings (SSSR count). The van der Waals surface area contributed by atoms with E-state index in [2.05, 4.69) is 287 Å². The van der Waals surface area contributed by atoms with Crippen molar-refractivity contribution in [3.63, 3.8) is 0 Å². The molecule has 0 aliphatic heterocycles. The van der Waals surface area contributed by atoms with Gasteiger partial charge in [-0.3, -0.25) is 0 Å². The highest BCUT2D eigenvalue weighted by Crippen LogP contribution is 2.34. The Bertz CT molecular complexity index is 2640. The Balaban J connectivity index is 1.44. The lowest BCUT2D eigenvalue weighted by Crippen LogP contribution is -2.78.